The SMILES string of the molecule is Cc1occc1C(=O)Nc1cccc(-c2nnc3n2CCCCC3)c1. The van der Waals surface area contributed by atoms with Crippen LogP contribution in [-0.4, -0.2) is 20.7 Å². The maximum atomic E-state index is 12.4. The summed E-state index contributed by atoms with van der Waals surface area (Å²) in [7, 11) is 0. The maximum Gasteiger partial charge on any atom is 0.259 e. The molecule has 0 saturated heterocycles. The standard InChI is InChI=1S/C19H20N4O2/c1-13-16(9-11-25-13)19(24)20-15-7-5-6-14(12-15)18-22-21-17-8-3-2-4-10-23(17)18/h5-7,9,11-12H,2-4,8,10H2,1H3,(H,20,24). The molecule has 1 amide bonds. The van der Waals surface area contributed by atoms with Gasteiger partial charge in [-0.3, -0.25) is 4.79 Å². The molecule has 0 fully saturated rings. The number of anilines is 1. The molecule has 2 aromatic heterocycles. The van der Waals surface area contributed by atoms with E-state index < -0.39 is 0 Å². The molecule has 0 radical (unpaired) electrons. The van der Waals surface area contributed by atoms with Gasteiger partial charge >= 0.3 is 0 Å². The summed E-state index contributed by atoms with van der Waals surface area (Å²) in [6, 6.07) is 9.41. The lowest BCUT2D eigenvalue weighted by molar-refractivity contribution is 0.102. The summed E-state index contributed by atoms with van der Waals surface area (Å²) in [6.07, 6.45) is 6.03. The maximum absolute atomic E-state index is 12.4. The van der Waals surface area contributed by atoms with Crippen LogP contribution in [0.2, 0.25) is 0 Å². The molecular formula is C19H20N4O2. The summed E-state index contributed by atoms with van der Waals surface area (Å²) >= 11 is 0. The van der Waals surface area contributed by atoms with Crippen LogP contribution in [0.25, 0.3) is 11.4 Å². The highest BCUT2D eigenvalue weighted by Crippen LogP contribution is 2.25. The zero-order valence-corrected chi connectivity index (χ0v) is 14.2. The van der Waals surface area contributed by atoms with Gasteiger partial charge in [0.1, 0.15) is 11.6 Å². The van der Waals surface area contributed by atoms with Gasteiger partial charge < -0.3 is 14.3 Å². The molecule has 0 spiro atoms. The first kappa shape index (κ1) is 15.6. The summed E-state index contributed by atoms with van der Waals surface area (Å²) in [5, 5.41) is 11.7. The third kappa shape index (κ3) is 3.07. The molecule has 25 heavy (non-hydrogen) atoms. The highest BCUT2D eigenvalue weighted by molar-refractivity contribution is 6.05. The number of aromatic nitrogens is 3. The topological polar surface area (TPSA) is 73.0 Å². The number of rotatable bonds is 3. The molecule has 1 aliphatic heterocycles. The van der Waals surface area contributed by atoms with Crippen molar-refractivity contribution in [1.82, 2.24) is 14.8 Å². The minimum atomic E-state index is -0.177. The van der Waals surface area contributed by atoms with Gasteiger partial charge in [0.05, 0.1) is 11.8 Å². The van der Waals surface area contributed by atoms with E-state index in [1.54, 1.807) is 13.0 Å². The van der Waals surface area contributed by atoms with Crippen LogP contribution in [0, 0.1) is 6.92 Å². The molecular weight excluding hydrogens is 316 g/mol. The molecule has 3 heterocycles. The van der Waals surface area contributed by atoms with Crippen LogP contribution in [0.1, 0.15) is 41.2 Å². The van der Waals surface area contributed by atoms with Crippen LogP contribution in [0.3, 0.4) is 0 Å². The first-order valence-electron chi connectivity index (χ1n) is 8.60. The minimum absolute atomic E-state index is 0.177. The Morgan fingerprint density at radius 1 is 1.20 bits per heavy atom. The van der Waals surface area contributed by atoms with Crippen molar-refractivity contribution in [3.8, 4) is 11.4 Å². The van der Waals surface area contributed by atoms with Crippen LogP contribution < -0.4 is 5.32 Å². The molecule has 4 rings (SSSR count). The predicted molar refractivity (Wildman–Crippen MR) is 94.4 cm³/mol. The highest BCUT2D eigenvalue weighted by Gasteiger charge is 2.17. The molecule has 6 nitrogen and oxygen atoms in total. The molecule has 0 atom stereocenters. The zero-order valence-electron chi connectivity index (χ0n) is 14.2. The van der Waals surface area contributed by atoms with Crippen molar-refractivity contribution in [2.24, 2.45) is 0 Å². The van der Waals surface area contributed by atoms with Gasteiger partial charge in [0.15, 0.2) is 5.82 Å². The van der Waals surface area contributed by atoms with Gasteiger partial charge in [-0.05, 0) is 38.0 Å². The number of carbonyl (C=O) groups is 1. The quantitative estimate of drug-likeness (QED) is 0.789. The minimum Gasteiger partial charge on any atom is -0.469 e. The van der Waals surface area contributed by atoms with Crippen LogP contribution in [0.15, 0.2) is 41.0 Å². The van der Waals surface area contributed by atoms with Crippen molar-refractivity contribution in [2.75, 3.05) is 5.32 Å². The molecule has 0 saturated carbocycles. The van der Waals surface area contributed by atoms with Crippen molar-refractivity contribution in [1.29, 1.82) is 0 Å². The second kappa shape index (κ2) is 6.55. The number of fused-ring (bicyclic) bond motifs is 1. The fraction of sp³-hybridized carbons (Fsp3) is 0.316. The van der Waals surface area contributed by atoms with Crippen LogP contribution >= 0.6 is 0 Å². The number of furan rings is 1. The number of benzene rings is 1. The van der Waals surface area contributed by atoms with Crippen LogP contribution in [0.5, 0.6) is 0 Å². The summed E-state index contributed by atoms with van der Waals surface area (Å²) in [6.45, 7) is 2.72. The van der Waals surface area contributed by atoms with Gasteiger partial charge in [0, 0.05) is 24.2 Å². The van der Waals surface area contributed by atoms with Gasteiger partial charge in [0.25, 0.3) is 5.91 Å². The van der Waals surface area contributed by atoms with E-state index in [1.165, 1.54) is 12.7 Å². The Morgan fingerprint density at radius 3 is 2.96 bits per heavy atom. The molecule has 0 aliphatic carbocycles. The lowest BCUT2D eigenvalue weighted by Crippen LogP contribution is -2.12. The Hall–Kier alpha value is -2.89. The van der Waals surface area contributed by atoms with Gasteiger partial charge in [-0.25, -0.2) is 0 Å². The number of amides is 1. The van der Waals surface area contributed by atoms with Gasteiger partial charge in [-0.1, -0.05) is 18.6 Å². The molecule has 1 N–H and O–H groups in total. The first-order valence-corrected chi connectivity index (χ1v) is 8.60. The molecule has 0 unspecified atom stereocenters. The number of carbonyl (C=O) groups excluding carboxylic acids is 1. The molecule has 0 bridgehead atoms. The smallest absolute Gasteiger partial charge is 0.259 e. The highest BCUT2D eigenvalue weighted by atomic mass is 16.3. The molecule has 1 aliphatic rings. The number of aryl methyl sites for hydroxylation is 2. The average molecular weight is 336 g/mol. The Bertz CT molecular complexity index is 910. The van der Waals surface area contributed by atoms with E-state index in [-0.39, 0.29) is 5.91 Å². The van der Waals surface area contributed by atoms with Crippen LogP contribution in [0.4, 0.5) is 5.69 Å². The van der Waals surface area contributed by atoms with Crippen molar-refractivity contribution < 1.29 is 9.21 Å². The third-order valence-corrected chi connectivity index (χ3v) is 4.59. The number of nitrogens with zero attached hydrogens (tertiary/aromatic N) is 3. The van der Waals surface area contributed by atoms with E-state index in [9.17, 15) is 4.79 Å². The lowest BCUT2D eigenvalue weighted by atomic mass is 10.1. The summed E-state index contributed by atoms with van der Waals surface area (Å²) in [5.74, 6) is 2.35. The number of hydrogen-bond acceptors (Lipinski definition) is 4. The van der Waals surface area contributed by atoms with E-state index in [0.29, 0.717) is 11.3 Å². The second-order valence-electron chi connectivity index (χ2n) is 6.33. The number of hydrogen-bond donors (Lipinski definition) is 1. The van der Waals surface area contributed by atoms with Gasteiger partial charge in [0.2, 0.25) is 0 Å². The molecule has 6 heteroatoms. The number of nitrogens with one attached hydrogen (secondary N) is 1. The molecule has 3 aromatic rings. The molecule has 1 aromatic carbocycles. The molecule has 128 valence electrons. The lowest BCUT2D eigenvalue weighted by Gasteiger charge is -2.09. The van der Waals surface area contributed by atoms with E-state index in [2.05, 4.69) is 20.1 Å². The summed E-state index contributed by atoms with van der Waals surface area (Å²) in [5.41, 5.74) is 2.23. The zero-order chi connectivity index (χ0) is 17.2. The van der Waals surface area contributed by atoms with E-state index >= 15 is 0 Å². The van der Waals surface area contributed by atoms with Gasteiger partial charge in [-0.2, -0.15) is 0 Å². The normalized spacial score (nSPS) is 14.0. The van der Waals surface area contributed by atoms with Crippen molar-refractivity contribution in [3.63, 3.8) is 0 Å². The van der Waals surface area contributed by atoms with E-state index in [4.69, 9.17) is 4.42 Å². The predicted octanol–water partition coefficient (Wildman–Crippen LogP) is 3.83. The Balaban J connectivity index is 1.61. The second-order valence-corrected chi connectivity index (χ2v) is 6.33. The average Bonchev–Trinajstić information content (AvgIpc) is 3.15. The Morgan fingerprint density at radius 2 is 2.12 bits per heavy atom. The van der Waals surface area contributed by atoms with E-state index in [1.807, 2.05) is 24.3 Å². The fourth-order valence-corrected chi connectivity index (χ4v) is 3.25. The third-order valence-electron chi connectivity index (χ3n) is 4.59. The van der Waals surface area contributed by atoms with E-state index in [0.717, 1.165) is 48.7 Å². The first-order chi connectivity index (χ1) is 12.2. The summed E-state index contributed by atoms with van der Waals surface area (Å²) in [4.78, 5) is 12.4. The Labute approximate surface area is 145 Å². The monoisotopic (exact) mass is 336 g/mol. The Kier molecular flexibility index (Phi) is 4.09. The van der Waals surface area contributed by atoms with Crippen molar-refractivity contribution in [3.05, 3.63) is 53.7 Å². The van der Waals surface area contributed by atoms with Crippen molar-refractivity contribution in [2.45, 2.75) is 39.2 Å². The fourth-order valence-electron chi connectivity index (χ4n) is 3.25. The van der Waals surface area contributed by atoms with Crippen LogP contribution in [-0.2, 0) is 13.0 Å². The van der Waals surface area contributed by atoms with Crippen molar-refractivity contribution >= 4 is 11.6 Å². The largest absolute Gasteiger partial charge is 0.469 e. The summed E-state index contributed by atoms with van der Waals surface area (Å²) < 4.78 is 7.40. The van der Waals surface area contributed by atoms with Gasteiger partial charge in [-0.15, -0.1) is 10.2 Å².